The molecule has 1 N–H and O–H groups in total. The number of nitrogens with one attached hydrogen (secondary N) is 1. The summed E-state index contributed by atoms with van der Waals surface area (Å²) < 4.78 is 6.09. The van der Waals surface area contributed by atoms with E-state index >= 15 is 0 Å². The highest BCUT2D eigenvalue weighted by molar-refractivity contribution is 5.28. The lowest BCUT2D eigenvalue weighted by Crippen LogP contribution is -2.15. The number of ether oxygens (including phenoxy) is 1. The van der Waals surface area contributed by atoms with E-state index in [9.17, 15) is 0 Å². The van der Waals surface area contributed by atoms with Crippen LogP contribution in [0.25, 0.3) is 0 Å². The van der Waals surface area contributed by atoms with Crippen LogP contribution in [0.3, 0.4) is 0 Å². The molecule has 1 saturated carbocycles. The molecule has 1 aliphatic carbocycles. The number of hydrogen-bond donors (Lipinski definition) is 1. The maximum absolute atomic E-state index is 6.09. The van der Waals surface area contributed by atoms with Gasteiger partial charge in [-0.2, -0.15) is 0 Å². The summed E-state index contributed by atoms with van der Waals surface area (Å²) in [5, 5.41) is 3.17. The highest BCUT2D eigenvalue weighted by Gasteiger charge is 2.13. The van der Waals surface area contributed by atoms with Crippen LogP contribution >= 0.6 is 0 Å². The molecule has 0 saturated heterocycles. The quantitative estimate of drug-likeness (QED) is 0.804. The summed E-state index contributed by atoms with van der Waals surface area (Å²) in [7, 11) is 1.97. The van der Waals surface area contributed by atoms with E-state index in [0.29, 0.717) is 6.10 Å². The smallest absolute Gasteiger partial charge is 0.120 e. The Kier molecular flexibility index (Phi) is 4.87. The molecule has 0 aliphatic heterocycles. The van der Waals surface area contributed by atoms with Crippen molar-refractivity contribution in [1.82, 2.24) is 5.32 Å². The zero-order valence-electron chi connectivity index (χ0n) is 10.7. The lowest BCUT2D eigenvalue weighted by atomic mass is 10.1. The summed E-state index contributed by atoms with van der Waals surface area (Å²) in [4.78, 5) is 0. The minimum atomic E-state index is 0.433. The van der Waals surface area contributed by atoms with Gasteiger partial charge in [0.2, 0.25) is 0 Å². The zero-order valence-corrected chi connectivity index (χ0v) is 10.7. The van der Waals surface area contributed by atoms with Crippen molar-refractivity contribution in [2.75, 3.05) is 7.05 Å². The third kappa shape index (κ3) is 4.04. The Hall–Kier alpha value is -1.02. The monoisotopic (exact) mass is 233 g/mol. The molecule has 1 aromatic carbocycles. The molecule has 0 bridgehead atoms. The van der Waals surface area contributed by atoms with Gasteiger partial charge in [0.05, 0.1) is 6.10 Å². The second-order valence-corrected chi connectivity index (χ2v) is 4.91. The minimum absolute atomic E-state index is 0.433. The van der Waals surface area contributed by atoms with Crippen LogP contribution in [-0.4, -0.2) is 13.2 Å². The number of rotatable bonds is 4. The molecule has 2 heteroatoms. The first kappa shape index (κ1) is 12.4. The Morgan fingerprint density at radius 2 is 1.94 bits per heavy atom. The summed E-state index contributed by atoms with van der Waals surface area (Å²) in [6.45, 7) is 0.905. The Labute approximate surface area is 104 Å². The van der Waals surface area contributed by atoms with E-state index < -0.39 is 0 Å². The second-order valence-electron chi connectivity index (χ2n) is 4.91. The van der Waals surface area contributed by atoms with Gasteiger partial charge in [-0.25, -0.2) is 0 Å². The van der Waals surface area contributed by atoms with Crippen molar-refractivity contribution >= 4 is 0 Å². The average Bonchev–Trinajstić information content (AvgIpc) is 2.59. The van der Waals surface area contributed by atoms with E-state index in [2.05, 4.69) is 29.6 Å². The highest BCUT2D eigenvalue weighted by atomic mass is 16.5. The largest absolute Gasteiger partial charge is 0.490 e. The normalized spacial score (nSPS) is 17.7. The van der Waals surface area contributed by atoms with Gasteiger partial charge in [0.15, 0.2) is 0 Å². The standard InChI is InChI=1S/C15H23NO/c1-16-12-13-7-6-10-15(11-13)17-14-8-4-2-3-5-9-14/h6-7,10-11,14,16H,2-5,8-9,12H2,1H3. The first-order chi connectivity index (χ1) is 8.38. The predicted molar refractivity (Wildman–Crippen MR) is 71.3 cm³/mol. The molecule has 0 radical (unpaired) electrons. The first-order valence-electron chi connectivity index (χ1n) is 6.78. The van der Waals surface area contributed by atoms with Gasteiger partial charge in [0.25, 0.3) is 0 Å². The van der Waals surface area contributed by atoms with E-state index in [1.54, 1.807) is 0 Å². The topological polar surface area (TPSA) is 21.3 Å². The predicted octanol–water partition coefficient (Wildman–Crippen LogP) is 3.51. The molecule has 2 nitrogen and oxygen atoms in total. The van der Waals surface area contributed by atoms with Gasteiger partial charge < -0.3 is 10.1 Å². The third-order valence-corrected chi connectivity index (χ3v) is 3.38. The maximum Gasteiger partial charge on any atom is 0.120 e. The van der Waals surface area contributed by atoms with E-state index in [4.69, 9.17) is 4.74 Å². The Morgan fingerprint density at radius 1 is 1.18 bits per heavy atom. The highest BCUT2D eigenvalue weighted by Crippen LogP contribution is 2.23. The van der Waals surface area contributed by atoms with Gasteiger partial charge in [-0.1, -0.05) is 25.0 Å². The summed E-state index contributed by atoms with van der Waals surface area (Å²) in [6.07, 6.45) is 8.26. The van der Waals surface area contributed by atoms with Gasteiger partial charge in [-0.3, -0.25) is 0 Å². The Morgan fingerprint density at radius 3 is 2.65 bits per heavy atom. The lowest BCUT2D eigenvalue weighted by molar-refractivity contribution is 0.183. The molecule has 17 heavy (non-hydrogen) atoms. The molecule has 94 valence electrons. The molecule has 0 amide bonds. The molecule has 1 aliphatic rings. The van der Waals surface area contributed by atoms with Gasteiger partial charge in [-0.15, -0.1) is 0 Å². The molecular formula is C15H23NO. The molecular weight excluding hydrogens is 210 g/mol. The molecule has 0 aromatic heterocycles. The van der Waals surface area contributed by atoms with Crippen molar-refractivity contribution in [3.63, 3.8) is 0 Å². The van der Waals surface area contributed by atoms with Crippen LogP contribution in [0.5, 0.6) is 5.75 Å². The van der Waals surface area contributed by atoms with E-state index in [1.807, 2.05) is 7.05 Å². The van der Waals surface area contributed by atoms with Crippen molar-refractivity contribution in [3.8, 4) is 5.75 Å². The van der Waals surface area contributed by atoms with Crippen LogP contribution in [0.1, 0.15) is 44.1 Å². The molecule has 0 heterocycles. The van der Waals surface area contributed by atoms with Crippen molar-refractivity contribution < 1.29 is 4.74 Å². The van der Waals surface area contributed by atoms with Crippen molar-refractivity contribution in [3.05, 3.63) is 29.8 Å². The Balaban J connectivity index is 1.94. The van der Waals surface area contributed by atoms with Crippen LogP contribution in [0.15, 0.2) is 24.3 Å². The number of hydrogen-bond acceptors (Lipinski definition) is 2. The minimum Gasteiger partial charge on any atom is -0.490 e. The number of benzene rings is 1. The maximum atomic E-state index is 6.09. The molecule has 1 aromatic rings. The van der Waals surface area contributed by atoms with E-state index in [-0.39, 0.29) is 0 Å². The summed E-state index contributed by atoms with van der Waals surface area (Å²) in [5.41, 5.74) is 1.29. The summed E-state index contributed by atoms with van der Waals surface area (Å²) in [6, 6.07) is 8.45. The van der Waals surface area contributed by atoms with Crippen LogP contribution in [-0.2, 0) is 6.54 Å². The van der Waals surface area contributed by atoms with Crippen molar-refractivity contribution in [2.45, 2.75) is 51.2 Å². The third-order valence-electron chi connectivity index (χ3n) is 3.38. The van der Waals surface area contributed by atoms with Crippen LogP contribution in [0.2, 0.25) is 0 Å². The van der Waals surface area contributed by atoms with Crippen molar-refractivity contribution in [1.29, 1.82) is 0 Å². The van der Waals surface area contributed by atoms with Gasteiger partial charge in [-0.05, 0) is 50.4 Å². The summed E-state index contributed by atoms with van der Waals surface area (Å²) in [5.74, 6) is 1.03. The fourth-order valence-electron chi connectivity index (χ4n) is 2.49. The molecule has 2 rings (SSSR count). The van der Waals surface area contributed by atoms with Crippen LogP contribution < -0.4 is 10.1 Å². The lowest BCUT2D eigenvalue weighted by Gasteiger charge is -2.17. The first-order valence-corrected chi connectivity index (χ1v) is 6.78. The second kappa shape index (κ2) is 6.65. The zero-order chi connectivity index (χ0) is 11.9. The van der Waals surface area contributed by atoms with Crippen molar-refractivity contribution in [2.24, 2.45) is 0 Å². The van der Waals surface area contributed by atoms with Gasteiger partial charge >= 0.3 is 0 Å². The van der Waals surface area contributed by atoms with E-state index in [0.717, 1.165) is 12.3 Å². The SMILES string of the molecule is CNCc1cccc(OC2CCCCCC2)c1. The fraction of sp³-hybridized carbons (Fsp3) is 0.600. The molecule has 0 atom stereocenters. The van der Waals surface area contributed by atoms with E-state index in [1.165, 1.54) is 44.1 Å². The molecule has 1 fully saturated rings. The van der Waals surface area contributed by atoms with Crippen LogP contribution in [0.4, 0.5) is 0 Å². The average molecular weight is 233 g/mol. The molecule has 0 unspecified atom stereocenters. The summed E-state index contributed by atoms with van der Waals surface area (Å²) >= 11 is 0. The van der Waals surface area contributed by atoms with Gasteiger partial charge in [0.1, 0.15) is 5.75 Å². The fourth-order valence-corrected chi connectivity index (χ4v) is 2.49. The Bertz CT molecular complexity index is 329. The molecule has 0 spiro atoms. The van der Waals surface area contributed by atoms with Crippen LogP contribution in [0, 0.1) is 0 Å². The van der Waals surface area contributed by atoms with Gasteiger partial charge in [0, 0.05) is 6.54 Å².